The molecule has 4 nitrogen and oxygen atoms in total. The van der Waals surface area contributed by atoms with Gasteiger partial charge in [0.1, 0.15) is 0 Å². The van der Waals surface area contributed by atoms with Crippen molar-refractivity contribution in [3.05, 3.63) is 28.2 Å². The second kappa shape index (κ2) is 7.01. The SMILES string of the molecule is Cc1ccc(NC(=O)N2CCCN(C(C)(C)C)CC2)c(Br)c1. The van der Waals surface area contributed by atoms with Crippen LogP contribution in [-0.2, 0) is 0 Å². The number of urea groups is 1. The average Bonchev–Trinajstić information content (AvgIpc) is 2.67. The standard InChI is InChI=1S/C17H26BrN3O/c1-13-6-7-15(14(18)12-13)19-16(22)20-8-5-9-21(11-10-20)17(2,3)4/h6-7,12H,5,8-11H2,1-4H3,(H,19,22). The van der Waals surface area contributed by atoms with E-state index in [1.165, 1.54) is 5.56 Å². The van der Waals surface area contributed by atoms with Crippen LogP contribution in [0.25, 0.3) is 0 Å². The number of hydrogen-bond donors (Lipinski definition) is 1. The number of halogens is 1. The molecule has 2 amide bonds. The van der Waals surface area contributed by atoms with E-state index >= 15 is 0 Å². The highest BCUT2D eigenvalue weighted by Gasteiger charge is 2.25. The summed E-state index contributed by atoms with van der Waals surface area (Å²) in [7, 11) is 0. The summed E-state index contributed by atoms with van der Waals surface area (Å²) < 4.78 is 0.923. The minimum atomic E-state index is -0.0136. The van der Waals surface area contributed by atoms with Gasteiger partial charge >= 0.3 is 6.03 Å². The van der Waals surface area contributed by atoms with Crippen LogP contribution in [0.2, 0.25) is 0 Å². The summed E-state index contributed by atoms with van der Waals surface area (Å²) in [5.41, 5.74) is 2.15. The Morgan fingerprint density at radius 3 is 2.55 bits per heavy atom. The van der Waals surface area contributed by atoms with E-state index in [2.05, 4.69) is 46.9 Å². The zero-order chi connectivity index (χ0) is 16.3. The Kier molecular flexibility index (Phi) is 5.50. The number of amides is 2. The van der Waals surface area contributed by atoms with Gasteiger partial charge in [-0.15, -0.1) is 0 Å². The Morgan fingerprint density at radius 1 is 1.18 bits per heavy atom. The molecule has 0 bridgehead atoms. The summed E-state index contributed by atoms with van der Waals surface area (Å²) in [6.45, 7) is 12.3. The highest BCUT2D eigenvalue weighted by Crippen LogP contribution is 2.24. The number of nitrogens with one attached hydrogen (secondary N) is 1. The summed E-state index contributed by atoms with van der Waals surface area (Å²) in [6.07, 6.45) is 1.01. The first-order valence-electron chi connectivity index (χ1n) is 7.84. The van der Waals surface area contributed by atoms with E-state index in [4.69, 9.17) is 0 Å². The molecule has 22 heavy (non-hydrogen) atoms. The van der Waals surface area contributed by atoms with E-state index in [1.807, 2.05) is 30.0 Å². The molecule has 0 atom stereocenters. The van der Waals surface area contributed by atoms with Crippen LogP contribution in [0.4, 0.5) is 10.5 Å². The number of aryl methyl sites for hydroxylation is 1. The topological polar surface area (TPSA) is 35.6 Å². The maximum atomic E-state index is 12.5. The molecule has 1 aliphatic rings. The third-order valence-electron chi connectivity index (χ3n) is 4.10. The fourth-order valence-electron chi connectivity index (χ4n) is 2.71. The van der Waals surface area contributed by atoms with Gasteiger partial charge in [-0.2, -0.15) is 0 Å². The Labute approximate surface area is 142 Å². The van der Waals surface area contributed by atoms with E-state index in [9.17, 15) is 4.79 Å². The van der Waals surface area contributed by atoms with Crippen molar-refractivity contribution in [1.29, 1.82) is 0 Å². The van der Waals surface area contributed by atoms with E-state index < -0.39 is 0 Å². The summed E-state index contributed by atoms with van der Waals surface area (Å²) in [6, 6.07) is 5.94. The van der Waals surface area contributed by atoms with Crippen molar-refractivity contribution in [3.8, 4) is 0 Å². The number of hydrogen-bond acceptors (Lipinski definition) is 2. The molecule has 1 N–H and O–H groups in total. The third kappa shape index (κ3) is 4.46. The maximum Gasteiger partial charge on any atom is 0.321 e. The Balaban J connectivity index is 1.98. The molecule has 0 saturated carbocycles. The van der Waals surface area contributed by atoms with Crippen molar-refractivity contribution in [2.45, 2.75) is 39.7 Å². The molecule has 1 heterocycles. The quantitative estimate of drug-likeness (QED) is 0.810. The lowest BCUT2D eigenvalue weighted by atomic mass is 10.1. The van der Waals surface area contributed by atoms with Crippen molar-refractivity contribution in [2.75, 3.05) is 31.5 Å². The van der Waals surface area contributed by atoms with Crippen molar-refractivity contribution in [1.82, 2.24) is 9.80 Å². The average molecular weight is 368 g/mol. The Morgan fingerprint density at radius 2 is 1.91 bits per heavy atom. The van der Waals surface area contributed by atoms with E-state index in [0.29, 0.717) is 0 Å². The molecule has 0 unspecified atom stereocenters. The lowest BCUT2D eigenvalue weighted by Crippen LogP contribution is -2.44. The fraction of sp³-hybridized carbons (Fsp3) is 0.588. The maximum absolute atomic E-state index is 12.5. The molecule has 0 radical (unpaired) electrons. The summed E-state index contributed by atoms with van der Waals surface area (Å²) >= 11 is 3.51. The molecule has 1 aromatic rings. The van der Waals surface area contributed by atoms with Gasteiger partial charge in [0.2, 0.25) is 0 Å². The normalized spacial score (nSPS) is 17.2. The molecule has 1 aliphatic heterocycles. The predicted octanol–water partition coefficient (Wildman–Crippen LogP) is 4.10. The molecule has 1 aromatic carbocycles. The largest absolute Gasteiger partial charge is 0.323 e. The molecular weight excluding hydrogens is 342 g/mol. The second-order valence-corrected chi connectivity index (χ2v) is 7.77. The summed E-state index contributed by atoms with van der Waals surface area (Å²) in [5.74, 6) is 0. The lowest BCUT2D eigenvalue weighted by molar-refractivity contribution is 0.142. The van der Waals surface area contributed by atoms with Crippen molar-refractivity contribution in [2.24, 2.45) is 0 Å². The molecule has 2 rings (SSSR count). The highest BCUT2D eigenvalue weighted by molar-refractivity contribution is 9.10. The number of anilines is 1. The fourth-order valence-corrected chi connectivity index (χ4v) is 3.30. The van der Waals surface area contributed by atoms with Crippen LogP contribution in [0.15, 0.2) is 22.7 Å². The first-order chi connectivity index (χ1) is 10.3. The zero-order valence-corrected chi connectivity index (χ0v) is 15.5. The molecule has 0 aromatic heterocycles. The van der Waals surface area contributed by atoms with Gasteiger partial charge in [0.05, 0.1) is 5.69 Å². The van der Waals surface area contributed by atoms with Gasteiger partial charge in [-0.1, -0.05) is 6.07 Å². The van der Waals surface area contributed by atoms with Gasteiger partial charge in [0.15, 0.2) is 0 Å². The molecular formula is C17H26BrN3O. The van der Waals surface area contributed by atoms with E-state index in [1.54, 1.807) is 0 Å². The number of carbonyl (C=O) groups excluding carboxylic acids is 1. The van der Waals surface area contributed by atoms with Crippen molar-refractivity contribution >= 4 is 27.6 Å². The van der Waals surface area contributed by atoms with Gasteiger partial charge in [0.25, 0.3) is 0 Å². The second-order valence-electron chi connectivity index (χ2n) is 6.91. The Bertz CT molecular complexity index is 539. The number of benzene rings is 1. The molecule has 0 aliphatic carbocycles. The lowest BCUT2D eigenvalue weighted by Gasteiger charge is -2.34. The van der Waals surface area contributed by atoms with Crippen molar-refractivity contribution < 1.29 is 4.79 Å². The van der Waals surface area contributed by atoms with Crippen LogP contribution in [0, 0.1) is 6.92 Å². The van der Waals surface area contributed by atoms with Crippen LogP contribution in [0.5, 0.6) is 0 Å². The van der Waals surface area contributed by atoms with Gasteiger partial charge in [-0.05, 0) is 67.7 Å². The first kappa shape index (κ1) is 17.3. The Hall–Kier alpha value is -1.07. The van der Waals surface area contributed by atoms with Gasteiger partial charge in [-0.25, -0.2) is 4.79 Å². The number of rotatable bonds is 1. The smallest absolute Gasteiger partial charge is 0.321 e. The van der Waals surface area contributed by atoms with E-state index in [-0.39, 0.29) is 11.6 Å². The summed E-state index contributed by atoms with van der Waals surface area (Å²) in [4.78, 5) is 16.9. The van der Waals surface area contributed by atoms with Crippen LogP contribution in [0.1, 0.15) is 32.8 Å². The number of carbonyl (C=O) groups is 1. The van der Waals surface area contributed by atoms with Crippen LogP contribution in [0.3, 0.4) is 0 Å². The van der Waals surface area contributed by atoms with Gasteiger partial charge in [0, 0.05) is 36.2 Å². The number of nitrogens with zero attached hydrogens (tertiary/aromatic N) is 2. The predicted molar refractivity (Wildman–Crippen MR) is 95.4 cm³/mol. The first-order valence-corrected chi connectivity index (χ1v) is 8.64. The van der Waals surface area contributed by atoms with Gasteiger partial charge < -0.3 is 10.2 Å². The van der Waals surface area contributed by atoms with Crippen LogP contribution in [-0.4, -0.2) is 47.5 Å². The van der Waals surface area contributed by atoms with Gasteiger partial charge in [-0.3, -0.25) is 4.90 Å². The van der Waals surface area contributed by atoms with Crippen LogP contribution < -0.4 is 5.32 Å². The molecule has 122 valence electrons. The monoisotopic (exact) mass is 367 g/mol. The van der Waals surface area contributed by atoms with Crippen LogP contribution >= 0.6 is 15.9 Å². The zero-order valence-electron chi connectivity index (χ0n) is 13.9. The minimum Gasteiger partial charge on any atom is -0.323 e. The molecule has 5 heteroatoms. The minimum absolute atomic E-state index is 0.0136. The molecule has 1 saturated heterocycles. The summed E-state index contributed by atoms with van der Waals surface area (Å²) in [5, 5.41) is 3.01. The molecule has 0 spiro atoms. The van der Waals surface area contributed by atoms with Crippen molar-refractivity contribution in [3.63, 3.8) is 0 Å². The molecule has 1 fully saturated rings. The van der Waals surface area contributed by atoms with E-state index in [0.717, 1.165) is 42.8 Å². The third-order valence-corrected chi connectivity index (χ3v) is 4.75. The highest BCUT2D eigenvalue weighted by atomic mass is 79.9.